The maximum atomic E-state index is 11.3. The number of aliphatic imine (C=N–C) groups is 1. The second-order valence-electron chi connectivity index (χ2n) is 3.15. The molecule has 0 aromatic heterocycles. The third-order valence-corrected chi connectivity index (χ3v) is 2.29. The summed E-state index contributed by atoms with van der Waals surface area (Å²) >= 11 is 0. The molecule has 1 N–H and O–H groups in total. The van der Waals surface area contributed by atoms with Crippen LogP contribution in [-0.4, -0.2) is 41.2 Å². The standard InChI is InChI=1S/C9H8N2O3/c1-11-3-2-5-6(9(13)14)4-10-8(12)7(5)11/h2-4,7H,1H3,(H,13,14). The van der Waals surface area contributed by atoms with E-state index in [4.69, 9.17) is 5.11 Å². The Morgan fingerprint density at radius 3 is 3.00 bits per heavy atom. The highest BCUT2D eigenvalue weighted by molar-refractivity contribution is 6.16. The van der Waals surface area contributed by atoms with Crippen molar-refractivity contribution in [1.82, 2.24) is 4.90 Å². The molecular weight excluding hydrogens is 184 g/mol. The monoisotopic (exact) mass is 192 g/mol. The molecule has 5 heteroatoms. The van der Waals surface area contributed by atoms with Gasteiger partial charge in [-0.1, -0.05) is 0 Å². The maximum Gasteiger partial charge on any atom is 0.337 e. The van der Waals surface area contributed by atoms with Crippen LogP contribution in [0.15, 0.2) is 28.4 Å². The fraction of sp³-hybridized carbons (Fsp3) is 0.222. The molecule has 14 heavy (non-hydrogen) atoms. The fourth-order valence-corrected chi connectivity index (χ4v) is 1.59. The lowest BCUT2D eigenvalue weighted by atomic mass is 10.00. The molecule has 0 aromatic rings. The van der Waals surface area contributed by atoms with E-state index in [1.807, 2.05) is 0 Å². The number of amides is 1. The van der Waals surface area contributed by atoms with Crippen LogP contribution in [0, 0.1) is 0 Å². The number of fused-ring (bicyclic) bond motifs is 1. The van der Waals surface area contributed by atoms with Crippen LogP contribution in [0.3, 0.4) is 0 Å². The first-order chi connectivity index (χ1) is 6.61. The molecule has 2 aliphatic heterocycles. The van der Waals surface area contributed by atoms with E-state index in [2.05, 4.69) is 4.99 Å². The highest BCUT2D eigenvalue weighted by Crippen LogP contribution is 2.25. The van der Waals surface area contributed by atoms with Crippen LogP contribution < -0.4 is 0 Å². The first-order valence-corrected chi connectivity index (χ1v) is 4.07. The van der Waals surface area contributed by atoms with Gasteiger partial charge in [-0.3, -0.25) is 4.79 Å². The van der Waals surface area contributed by atoms with Crippen molar-refractivity contribution in [3.63, 3.8) is 0 Å². The molecule has 2 aliphatic rings. The van der Waals surface area contributed by atoms with Crippen molar-refractivity contribution in [1.29, 1.82) is 0 Å². The van der Waals surface area contributed by atoms with Crippen LogP contribution in [0.5, 0.6) is 0 Å². The smallest absolute Gasteiger partial charge is 0.337 e. The molecule has 2 heterocycles. The van der Waals surface area contributed by atoms with Crippen LogP contribution >= 0.6 is 0 Å². The molecule has 0 aromatic carbocycles. The van der Waals surface area contributed by atoms with Crippen molar-refractivity contribution in [2.75, 3.05) is 7.05 Å². The Bertz CT molecular complexity index is 406. The Labute approximate surface area is 80.0 Å². The highest BCUT2D eigenvalue weighted by atomic mass is 16.4. The third kappa shape index (κ3) is 1.06. The van der Waals surface area contributed by atoms with E-state index in [1.54, 1.807) is 24.2 Å². The number of aliphatic carboxylic acids is 1. The van der Waals surface area contributed by atoms with Crippen molar-refractivity contribution in [2.45, 2.75) is 6.04 Å². The van der Waals surface area contributed by atoms with E-state index in [1.165, 1.54) is 0 Å². The molecule has 0 saturated heterocycles. The minimum Gasteiger partial charge on any atom is -0.478 e. The van der Waals surface area contributed by atoms with Gasteiger partial charge in [-0.05, 0) is 6.08 Å². The molecule has 5 nitrogen and oxygen atoms in total. The minimum atomic E-state index is -1.05. The van der Waals surface area contributed by atoms with Gasteiger partial charge in [-0.15, -0.1) is 0 Å². The van der Waals surface area contributed by atoms with E-state index in [0.717, 1.165) is 6.21 Å². The zero-order chi connectivity index (χ0) is 10.3. The largest absolute Gasteiger partial charge is 0.478 e. The van der Waals surface area contributed by atoms with Crippen LogP contribution in [0.2, 0.25) is 0 Å². The molecule has 0 spiro atoms. The molecule has 0 aliphatic carbocycles. The number of nitrogens with zero attached hydrogens (tertiary/aromatic N) is 2. The maximum absolute atomic E-state index is 11.3. The third-order valence-electron chi connectivity index (χ3n) is 2.29. The molecule has 0 radical (unpaired) electrons. The number of rotatable bonds is 1. The quantitative estimate of drug-likeness (QED) is 0.625. The summed E-state index contributed by atoms with van der Waals surface area (Å²) in [6.07, 6.45) is 4.42. The Morgan fingerprint density at radius 2 is 2.36 bits per heavy atom. The molecule has 0 saturated carbocycles. The first-order valence-electron chi connectivity index (χ1n) is 4.07. The summed E-state index contributed by atoms with van der Waals surface area (Å²) in [6, 6.07) is -0.550. The number of likely N-dealkylation sites (N-methyl/N-ethyl adjacent to an activating group) is 1. The summed E-state index contributed by atoms with van der Waals surface area (Å²) in [6.45, 7) is 0. The van der Waals surface area contributed by atoms with Gasteiger partial charge in [0, 0.05) is 25.0 Å². The van der Waals surface area contributed by atoms with Gasteiger partial charge in [0.1, 0.15) is 6.04 Å². The average molecular weight is 192 g/mol. The number of carbonyl (C=O) groups excluding carboxylic acids is 1. The SMILES string of the molecule is CN1C=CC2=C(C(=O)O)C=NC(=O)C21. The number of carboxylic acid groups (broad SMARTS) is 1. The number of hydrogen-bond donors (Lipinski definition) is 1. The molecule has 1 unspecified atom stereocenters. The lowest BCUT2D eigenvalue weighted by Gasteiger charge is -2.21. The summed E-state index contributed by atoms with van der Waals surface area (Å²) in [5.74, 6) is -1.38. The van der Waals surface area contributed by atoms with Crippen molar-refractivity contribution in [3.05, 3.63) is 23.4 Å². The van der Waals surface area contributed by atoms with Crippen molar-refractivity contribution in [2.24, 2.45) is 4.99 Å². The van der Waals surface area contributed by atoms with E-state index in [0.29, 0.717) is 5.57 Å². The van der Waals surface area contributed by atoms with E-state index < -0.39 is 12.0 Å². The molecule has 2 rings (SSSR count). The average Bonchev–Trinajstić information content (AvgIpc) is 2.49. The van der Waals surface area contributed by atoms with Gasteiger partial charge in [0.05, 0.1) is 5.57 Å². The highest BCUT2D eigenvalue weighted by Gasteiger charge is 2.34. The normalized spacial score (nSPS) is 24.5. The number of carbonyl (C=O) groups is 2. The van der Waals surface area contributed by atoms with E-state index in [-0.39, 0.29) is 11.5 Å². The molecule has 1 atom stereocenters. The second-order valence-corrected chi connectivity index (χ2v) is 3.15. The molecule has 1 amide bonds. The van der Waals surface area contributed by atoms with Crippen molar-refractivity contribution >= 4 is 18.1 Å². The van der Waals surface area contributed by atoms with Gasteiger partial charge >= 0.3 is 5.97 Å². The molecule has 0 bridgehead atoms. The van der Waals surface area contributed by atoms with Crippen molar-refractivity contribution in [3.8, 4) is 0 Å². The van der Waals surface area contributed by atoms with Crippen LogP contribution in [0.25, 0.3) is 0 Å². The second kappa shape index (κ2) is 2.80. The Morgan fingerprint density at radius 1 is 1.64 bits per heavy atom. The lowest BCUT2D eigenvalue weighted by molar-refractivity contribution is -0.132. The van der Waals surface area contributed by atoms with Gasteiger partial charge in [-0.25, -0.2) is 9.79 Å². The van der Waals surface area contributed by atoms with Crippen LogP contribution in [-0.2, 0) is 9.59 Å². The minimum absolute atomic E-state index is 0.0928. The zero-order valence-electron chi connectivity index (χ0n) is 7.47. The Kier molecular flexibility index (Phi) is 1.73. The van der Waals surface area contributed by atoms with Gasteiger partial charge in [0.2, 0.25) is 0 Å². The molecular formula is C9H8N2O3. The Balaban J connectivity index is 2.52. The fourth-order valence-electron chi connectivity index (χ4n) is 1.59. The van der Waals surface area contributed by atoms with E-state index in [9.17, 15) is 9.59 Å². The van der Waals surface area contributed by atoms with E-state index >= 15 is 0 Å². The van der Waals surface area contributed by atoms with Gasteiger partial charge < -0.3 is 10.0 Å². The number of hydrogen-bond acceptors (Lipinski definition) is 3. The summed E-state index contributed by atoms with van der Waals surface area (Å²) in [5, 5.41) is 8.85. The van der Waals surface area contributed by atoms with Gasteiger partial charge in [0.15, 0.2) is 0 Å². The number of carboxylic acids is 1. The summed E-state index contributed by atoms with van der Waals surface area (Å²) in [7, 11) is 1.71. The van der Waals surface area contributed by atoms with Crippen LogP contribution in [0.1, 0.15) is 0 Å². The first kappa shape index (κ1) is 8.68. The summed E-state index contributed by atoms with van der Waals surface area (Å²) < 4.78 is 0. The number of dihydropyridines is 1. The van der Waals surface area contributed by atoms with Gasteiger partial charge in [-0.2, -0.15) is 0 Å². The topological polar surface area (TPSA) is 70.0 Å². The van der Waals surface area contributed by atoms with Gasteiger partial charge in [0.25, 0.3) is 5.91 Å². The lowest BCUT2D eigenvalue weighted by Crippen LogP contribution is -2.35. The zero-order valence-corrected chi connectivity index (χ0v) is 7.47. The predicted molar refractivity (Wildman–Crippen MR) is 48.9 cm³/mol. The summed E-state index contributed by atoms with van der Waals surface area (Å²) in [5.41, 5.74) is 0.607. The van der Waals surface area contributed by atoms with Crippen molar-refractivity contribution < 1.29 is 14.7 Å². The summed E-state index contributed by atoms with van der Waals surface area (Å²) in [4.78, 5) is 27.3. The predicted octanol–water partition coefficient (Wildman–Crippen LogP) is -0.194. The van der Waals surface area contributed by atoms with Crippen LogP contribution in [0.4, 0.5) is 0 Å². The Hall–Kier alpha value is -1.91. The molecule has 72 valence electrons. The molecule has 0 fully saturated rings.